The molecule has 0 spiro atoms. The maximum absolute atomic E-state index is 11.0. The lowest BCUT2D eigenvalue weighted by Gasteiger charge is -2.17. The fraction of sp³-hybridized carbons (Fsp3) is 1.00. The monoisotopic (exact) mass is 252 g/mol. The lowest BCUT2D eigenvalue weighted by molar-refractivity contribution is 0.147. The Kier molecular flexibility index (Phi) is 7.97. The van der Waals surface area contributed by atoms with Crippen LogP contribution in [0.1, 0.15) is 58.8 Å². The number of hydrogen-bond donors (Lipinski definition) is 2. The molecule has 0 saturated carbocycles. The van der Waals surface area contributed by atoms with Gasteiger partial charge in [0, 0.05) is 0 Å². The van der Waals surface area contributed by atoms with E-state index < -0.39 is 21.5 Å². The maximum atomic E-state index is 11.0. The van der Waals surface area contributed by atoms with Crippen molar-refractivity contribution < 1.29 is 18.1 Å². The summed E-state index contributed by atoms with van der Waals surface area (Å²) in [4.78, 5) is 0. The van der Waals surface area contributed by atoms with Crippen LogP contribution in [-0.4, -0.2) is 29.4 Å². The zero-order chi connectivity index (χ0) is 12.6. The summed E-state index contributed by atoms with van der Waals surface area (Å²) in [6.45, 7) is 3.94. The molecule has 0 saturated heterocycles. The van der Waals surface area contributed by atoms with Gasteiger partial charge in [-0.15, -0.1) is 0 Å². The average Bonchev–Trinajstić information content (AvgIpc) is 2.16. The molecule has 0 aromatic heterocycles. The Hall–Kier alpha value is -0.130. The molecule has 0 aliphatic carbocycles. The van der Waals surface area contributed by atoms with Crippen LogP contribution in [0.2, 0.25) is 0 Å². The van der Waals surface area contributed by atoms with Gasteiger partial charge in [-0.1, -0.05) is 39.5 Å². The van der Waals surface area contributed by atoms with Gasteiger partial charge < -0.3 is 5.11 Å². The Bertz CT molecular complexity index is 261. The minimum atomic E-state index is -4.01. The molecule has 0 rings (SSSR count). The fourth-order valence-electron chi connectivity index (χ4n) is 1.76. The molecule has 0 fully saturated rings. The van der Waals surface area contributed by atoms with Crippen LogP contribution in [0.4, 0.5) is 0 Å². The summed E-state index contributed by atoms with van der Waals surface area (Å²) >= 11 is 0. The van der Waals surface area contributed by atoms with E-state index in [9.17, 15) is 13.5 Å². The molecule has 0 amide bonds. The van der Waals surface area contributed by atoms with Crippen LogP contribution in [-0.2, 0) is 10.1 Å². The molecule has 0 bridgehead atoms. The van der Waals surface area contributed by atoms with E-state index in [-0.39, 0.29) is 6.42 Å². The average molecular weight is 252 g/mol. The Morgan fingerprint density at radius 3 is 2.12 bits per heavy atom. The van der Waals surface area contributed by atoms with Gasteiger partial charge in [0.2, 0.25) is 0 Å². The number of rotatable bonds is 9. The summed E-state index contributed by atoms with van der Waals surface area (Å²) in [6.07, 6.45) is 4.26. The largest absolute Gasteiger partial charge is 0.393 e. The van der Waals surface area contributed by atoms with Crippen molar-refractivity contribution in [3.05, 3.63) is 0 Å². The van der Waals surface area contributed by atoms with Crippen molar-refractivity contribution in [3.8, 4) is 0 Å². The highest BCUT2D eigenvalue weighted by Crippen LogP contribution is 2.17. The van der Waals surface area contributed by atoms with E-state index in [1.54, 1.807) is 0 Å². The summed E-state index contributed by atoms with van der Waals surface area (Å²) in [5.41, 5.74) is 0. The van der Waals surface area contributed by atoms with E-state index in [0.717, 1.165) is 19.3 Å². The minimum absolute atomic E-state index is 0.149. The molecular weight excluding hydrogens is 228 g/mol. The topological polar surface area (TPSA) is 74.6 Å². The molecule has 0 aromatic rings. The summed E-state index contributed by atoms with van der Waals surface area (Å²) < 4.78 is 31.1. The first-order valence-corrected chi connectivity index (χ1v) is 7.56. The second-order valence-corrected chi connectivity index (χ2v) is 6.01. The molecule has 0 aromatic carbocycles. The summed E-state index contributed by atoms with van der Waals surface area (Å²) in [5, 5.41) is 8.85. The Morgan fingerprint density at radius 1 is 1.06 bits per heavy atom. The first-order chi connectivity index (χ1) is 7.41. The van der Waals surface area contributed by atoms with Crippen molar-refractivity contribution in [1.82, 2.24) is 0 Å². The normalized spacial score (nSPS) is 16.0. The van der Waals surface area contributed by atoms with E-state index in [0.29, 0.717) is 19.3 Å². The third-order valence-electron chi connectivity index (χ3n) is 2.71. The van der Waals surface area contributed by atoms with Crippen LogP contribution in [0, 0.1) is 0 Å². The standard InChI is InChI=1S/C11H24O4S/c1-3-5-6-8-10(12)9-11(7-4-2)16(13,14)15/h10-12H,3-9H2,1-2H3,(H,13,14,15). The predicted molar refractivity (Wildman–Crippen MR) is 65.0 cm³/mol. The quantitative estimate of drug-likeness (QED) is 0.488. The number of aliphatic hydroxyl groups excluding tert-OH is 1. The summed E-state index contributed by atoms with van der Waals surface area (Å²) in [6, 6.07) is 0. The molecule has 0 aliphatic rings. The molecule has 98 valence electrons. The van der Waals surface area contributed by atoms with Gasteiger partial charge in [0.15, 0.2) is 0 Å². The maximum Gasteiger partial charge on any atom is 0.267 e. The first-order valence-electron chi connectivity index (χ1n) is 6.06. The van der Waals surface area contributed by atoms with Crippen LogP contribution in [0.15, 0.2) is 0 Å². The first kappa shape index (κ1) is 15.9. The minimum Gasteiger partial charge on any atom is -0.393 e. The molecule has 0 radical (unpaired) electrons. The third-order valence-corrected chi connectivity index (χ3v) is 3.98. The van der Waals surface area contributed by atoms with Crippen LogP contribution in [0.5, 0.6) is 0 Å². The van der Waals surface area contributed by atoms with Gasteiger partial charge in [-0.05, 0) is 19.3 Å². The molecule has 0 heterocycles. The molecule has 4 nitrogen and oxygen atoms in total. The van der Waals surface area contributed by atoms with Crippen molar-refractivity contribution in [2.75, 3.05) is 0 Å². The van der Waals surface area contributed by atoms with Crippen molar-refractivity contribution in [1.29, 1.82) is 0 Å². The Balaban J connectivity index is 4.09. The van der Waals surface area contributed by atoms with Gasteiger partial charge in [-0.25, -0.2) is 0 Å². The highest BCUT2D eigenvalue weighted by molar-refractivity contribution is 7.86. The van der Waals surface area contributed by atoms with Crippen molar-refractivity contribution >= 4 is 10.1 Å². The summed E-state index contributed by atoms with van der Waals surface area (Å²) in [7, 11) is -4.01. The van der Waals surface area contributed by atoms with Crippen LogP contribution in [0.25, 0.3) is 0 Å². The second-order valence-electron chi connectivity index (χ2n) is 4.31. The summed E-state index contributed by atoms with van der Waals surface area (Å²) in [5.74, 6) is 0. The molecule has 0 aliphatic heterocycles. The van der Waals surface area contributed by atoms with E-state index in [1.807, 2.05) is 6.92 Å². The zero-order valence-electron chi connectivity index (χ0n) is 10.2. The SMILES string of the molecule is CCCCCC(O)CC(CCC)S(=O)(=O)O. The lowest BCUT2D eigenvalue weighted by Crippen LogP contribution is -2.26. The molecule has 2 N–H and O–H groups in total. The van der Waals surface area contributed by atoms with Crippen molar-refractivity contribution in [2.24, 2.45) is 0 Å². The van der Waals surface area contributed by atoms with Crippen LogP contribution in [0.3, 0.4) is 0 Å². The van der Waals surface area contributed by atoms with Gasteiger partial charge in [0.05, 0.1) is 11.4 Å². The Morgan fingerprint density at radius 2 is 1.69 bits per heavy atom. The van der Waals surface area contributed by atoms with Gasteiger partial charge in [-0.3, -0.25) is 4.55 Å². The van der Waals surface area contributed by atoms with E-state index >= 15 is 0 Å². The molecular formula is C11H24O4S. The number of aliphatic hydroxyl groups is 1. The highest BCUT2D eigenvalue weighted by atomic mass is 32.2. The molecule has 2 atom stereocenters. The second kappa shape index (κ2) is 8.03. The van der Waals surface area contributed by atoms with Gasteiger partial charge >= 0.3 is 0 Å². The van der Waals surface area contributed by atoms with Crippen LogP contribution >= 0.6 is 0 Å². The molecule has 2 unspecified atom stereocenters. The third kappa shape index (κ3) is 7.19. The predicted octanol–water partition coefficient (Wildman–Crippen LogP) is 2.37. The van der Waals surface area contributed by atoms with Gasteiger partial charge in [-0.2, -0.15) is 8.42 Å². The highest BCUT2D eigenvalue weighted by Gasteiger charge is 2.24. The Labute approximate surface area is 98.8 Å². The lowest BCUT2D eigenvalue weighted by atomic mass is 10.0. The van der Waals surface area contributed by atoms with Gasteiger partial charge in [0.25, 0.3) is 10.1 Å². The smallest absolute Gasteiger partial charge is 0.267 e. The van der Waals surface area contributed by atoms with Gasteiger partial charge in [0.1, 0.15) is 0 Å². The number of hydrogen-bond acceptors (Lipinski definition) is 3. The van der Waals surface area contributed by atoms with E-state index in [4.69, 9.17) is 4.55 Å². The van der Waals surface area contributed by atoms with Crippen molar-refractivity contribution in [2.45, 2.75) is 70.1 Å². The fourth-order valence-corrected chi connectivity index (χ4v) is 2.76. The zero-order valence-corrected chi connectivity index (χ0v) is 11.0. The van der Waals surface area contributed by atoms with Crippen LogP contribution < -0.4 is 0 Å². The number of unbranched alkanes of at least 4 members (excludes halogenated alkanes) is 2. The van der Waals surface area contributed by atoms with E-state index in [1.165, 1.54) is 0 Å². The van der Waals surface area contributed by atoms with E-state index in [2.05, 4.69) is 6.92 Å². The molecule has 16 heavy (non-hydrogen) atoms. The molecule has 5 heteroatoms. The van der Waals surface area contributed by atoms with Crippen molar-refractivity contribution in [3.63, 3.8) is 0 Å².